The van der Waals surface area contributed by atoms with Gasteiger partial charge in [-0.25, -0.2) is 4.39 Å². The zero-order valence-electron chi connectivity index (χ0n) is 16.6. The normalized spacial score (nSPS) is 14.1. The second-order valence-electron chi connectivity index (χ2n) is 7.11. The Hall–Kier alpha value is -3.06. The van der Waals surface area contributed by atoms with Gasteiger partial charge in [0, 0.05) is 42.8 Å². The van der Waals surface area contributed by atoms with Crippen molar-refractivity contribution >= 4 is 23.3 Å². The van der Waals surface area contributed by atoms with Crippen molar-refractivity contribution in [3.8, 4) is 17.0 Å². The van der Waals surface area contributed by atoms with Crippen molar-refractivity contribution < 1.29 is 13.9 Å². The van der Waals surface area contributed by atoms with E-state index in [0.717, 1.165) is 22.8 Å². The van der Waals surface area contributed by atoms with Gasteiger partial charge >= 0.3 is 0 Å². The van der Waals surface area contributed by atoms with Gasteiger partial charge in [0.1, 0.15) is 11.6 Å². The summed E-state index contributed by atoms with van der Waals surface area (Å²) in [6, 6.07) is 14.2. The smallest absolute Gasteiger partial charge is 0.227 e. The van der Waals surface area contributed by atoms with E-state index in [4.69, 9.17) is 16.3 Å². The number of anilines is 1. The molecule has 1 aromatic heterocycles. The molecule has 0 aliphatic carbocycles. The number of carbonyl (C=O) groups is 1. The molecule has 1 aliphatic rings. The van der Waals surface area contributed by atoms with Crippen LogP contribution >= 0.6 is 11.6 Å². The van der Waals surface area contributed by atoms with Crippen LogP contribution in [0.1, 0.15) is 5.56 Å². The Morgan fingerprint density at radius 2 is 1.90 bits per heavy atom. The number of hydrogen-bond donors (Lipinski definition) is 1. The number of nitrogens with zero attached hydrogens (tertiary/aromatic N) is 3. The summed E-state index contributed by atoms with van der Waals surface area (Å²) in [5.74, 6) is 1.07. The number of piperazine rings is 1. The van der Waals surface area contributed by atoms with Gasteiger partial charge in [-0.1, -0.05) is 17.7 Å². The van der Waals surface area contributed by atoms with Gasteiger partial charge < -0.3 is 14.5 Å². The fourth-order valence-electron chi connectivity index (χ4n) is 3.54. The summed E-state index contributed by atoms with van der Waals surface area (Å²) >= 11 is 6.05. The van der Waals surface area contributed by atoms with Gasteiger partial charge in [0.05, 0.1) is 19.2 Å². The number of rotatable bonds is 5. The zero-order valence-corrected chi connectivity index (χ0v) is 17.3. The van der Waals surface area contributed by atoms with E-state index in [1.807, 2.05) is 30.3 Å². The predicted molar refractivity (Wildman–Crippen MR) is 114 cm³/mol. The van der Waals surface area contributed by atoms with Crippen molar-refractivity contribution in [1.82, 2.24) is 15.1 Å². The highest BCUT2D eigenvalue weighted by Gasteiger charge is 2.24. The van der Waals surface area contributed by atoms with E-state index in [1.165, 1.54) is 12.1 Å². The van der Waals surface area contributed by atoms with E-state index in [9.17, 15) is 9.18 Å². The van der Waals surface area contributed by atoms with E-state index >= 15 is 0 Å². The fourth-order valence-corrected chi connectivity index (χ4v) is 3.77. The molecular weight excluding hydrogens is 407 g/mol. The lowest BCUT2D eigenvalue weighted by Gasteiger charge is -2.35. The maximum atomic E-state index is 14.0. The Morgan fingerprint density at radius 3 is 2.57 bits per heavy atom. The average molecular weight is 429 g/mol. The minimum atomic E-state index is -0.447. The summed E-state index contributed by atoms with van der Waals surface area (Å²) in [6.45, 7) is 2.42. The van der Waals surface area contributed by atoms with Gasteiger partial charge in [0.15, 0.2) is 5.82 Å². The number of halogens is 2. The summed E-state index contributed by atoms with van der Waals surface area (Å²) in [5.41, 5.74) is 2.19. The number of amides is 1. The number of carbonyl (C=O) groups excluding carboxylic acids is 1. The molecule has 4 rings (SSSR count). The average Bonchev–Trinajstić information content (AvgIpc) is 3.27. The topological polar surface area (TPSA) is 61.5 Å². The van der Waals surface area contributed by atoms with Gasteiger partial charge in [-0.15, -0.1) is 0 Å². The SMILES string of the molecule is COc1ccc(-c2cc(N3CCN(C(=O)Cc4c(F)cccc4Cl)CC3)n[nH]2)cc1. The molecule has 0 unspecified atom stereocenters. The lowest BCUT2D eigenvalue weighted by Crippen LogP contribution is -2.49. The van der Waals surface area contributed by atoms with Crippen molar-refractivity contribution in [2.24, 2.45) is 0 Å². The molecule has 0 atom stereocenters. The summed E-state index contributed by atoms with van der Waals surface area (Å²) < 4.78 is 19.2. The molecular formula is C22H22ClFN4O2. The third kappa shape index (κ3) is 4.26. The molecule has 1 fully saturated rings. The van der Waals surface area contributed by atoms with Crippen LogP contribution in [0.4, 0.5) is 10.2 Å². The Balaban J connectivity index is 1.36. The van der Waals surface area contributed by atoms with Crippen LogP contribution in [0.25, 0.3) is 11.3 Å². The summed E-state index contributed by atoms with van der Waals surface area (Å²) in [4.78, 5) is 16.5. The number of methoxy groups -OCH3 is 1. The maximum Gasteiger partial charge on any atom is 0.227 e. The zero-order chi connectivity index (χ0) is 21.1. The standard InChI is InChI=1S/C22H22ClFN4O2/c1-30-16-7-5-15(6-8-16)20-14-21(26-25-20)27-9-11-28(12-10-27)22(29)13-17-18(23)3-2-4-19(17)24/h2-8,14H,9-13H2,1H3,(H,25,26). The number of benzene rings is 2. The summed E-state index contributed by atoms with van der Waals surface area (Å²) in [5, 5.41) is 7.77. The predicted octanol–water partition coefficient (Wildman–Crippen LogP) is 3.77. The van der Waals surface area contributed by atoms with Crippen LogP contribution in [-0.2, 0) is 11.2 Å². The number of hydrogen-bond acceptors (Lipinski definition) is 4. The summed E-state index contributed by atoms with van der Waals surface area (Å²) in [7, 11) is 1.64. The van der Waals surface area contributed by atoms with Gasteiger partial charge in [-0.3, -0.25) is 9.89 Å². The molecule has 0 bridgehead atoms. The van der Waals surface area contributed by atoms with Gasteiger partial charge in [0.25, 0.3) is 0 Å². The number of H-pyrrole nitrogens is 1. The summed E-state index contributed by atoms with van der Waals surface area (Å²) in [6.07, 6.45) is -0.0322. The first kappa shape index (κ1) is 20.2. The van der Waals surface area contributed by atoms with E-state index in [0.29, 0.717) is 26.2 Å². The van der Waals surface area contributed by atoms with E-state index < -0.39 is 5.82 Å². The minimum Gasteiger partial charge on any atom is -0.497 e. The number of aromatic nitrogens is 2. The third-order valence-electron chi connectivity index (χ3n) is 5.31. The van der Waals surface area contributed by atoms with Crippen molar-refractivity contribution in [2.45, 2.75) is 6.42 Å². The van der Waals surface area contributed by atoms with Crippen molar-refractivity contribution in [2.75, 3.05) is 38.2 Å². The van der Waals surface area contributed by atoms with Gasteiger partial charge in [-0.2, -0.15) is 5.10 Å². The Morgan fingerprint density at radius 1 is 1.17 bits per heavy atom. The van der Waals surface area contributed by atoms with E-state index in [1.54, 1.807) is 18.1 Å². The van der Waals surface area contributed by atoms with Crippen LogP contribution in [0.5, 0.6) is 5.75 Å². The van der Waals surface area contributed by atoms with Crippen LogP contribution in [0, 0.1) is 5.82 Å². The molecule has 8 heteroatoms. The van der Waals surface area contributed by atoms with Crippen LogP contribution < -0.4 is 9.64 Å². The molecule has 2 heterocycles. The van der Waals surface area contributed by atoms with Crippen molar-refractivity contribution in [3.63, 3.8) is 0 Å². The second kappa shape index (κ2) is 8.75. The molecule has 3 aromatic rings. The highest BCUT2D eigenvalue weighted by Crippen LogP contribution is 2.25. The number of aromatic amines is 1. The van der Waals surface area contributed by atoms with Crippen LogP contribution in [0.15, 0.2) is 48.5 Å². The lowest BCUT2D eigenvalue weighted by molar-refractivity contribution is -0.130. The van der Waals surface area contributed by atoms with E-state index in [-0.39, 0.29) is 22.9 Å². The molecule has 30 heavy (non-hydrogen) atoms. The first-order chi connectivity index (χ1) is 14.5. The van der Waals surface area contributed by atoms with Crippen molar-refractivity contribution in [1.29, 1.82) is 0 Å². The monoisotopic (exact) mass is 428 g/mol. The fraction of sp³-hybridized carbons (Fsp3) is 0.273. The second-order valence-corrected chi connectivity index (χ2v) is 7.52. The van der Waals surface area contributed by atoms with E-state index in [2.05, 4.69) is 15.1 Å². The number of ether oxygens (including phenoxy) is 1. The van der Waals surface area contributed by atoms with Crippen LogP contribution in [0.2, 0.25) is 5.02 Å². The highest BCUT2D eigenvalue weighted by molar-refractivity contribution is 6.31. The Labute approximate surface area is 179 Å². The first-order valence-electron chi connectivity index (χ1n) is 9.70. The van der Waals surface area contributed by atoms with Gasteiger partial charge in [0.2, 0.25) is 5.91 Å². The largest absolute Gasteiger partial charge is 0.497 e. The molecule has 0 saturated carbocycles. The molecule has 1 aliphatic heterocycles. The van der Waals surface area contributed by atoms with Crippen LogP contribution in [-0.4, -0.2) is 54.3 Å². The minimum absolute atomic E-state index is 0.0322. The lowest BCUT2D eigenvalue weighted by atomic mass is 10.1. The molecule has 1 amide bonds. The molecule has 6 nitrogen and oxygen atoms in total. The number of nitrogens with one attached hydrogen (secondary N) is 1. The third-order valence-corrected chi connectivity index (χ3v) is 5.67. The molecule has 1 N–H and O–H groups in total. The highest BCUT2D eigenvalue weighted by atomic mass is 35.5. The van der Waals surface area contributed by atoms with Crippen molar-refractivity contribution in [3.05, 3.63) is 64.9 Å². The Bertz CT molecular complexity index is 1010. The van der Waals surface area contributed by atoms with Crippen LogP contribution in [0.3, 0.4) is 0 Å². The molecule has 2 aromatic carbocycles. The Kier molecular flexibility index (Phi) is 5.90. The first-order valence-corrected chi connectivity index (χ1v) is 10.1. The molecule has 0 radical (unpaired) electrons. The molecule has 156 valence electrons. The maximum absolute atomic E-state index is 14.0. The molecule has 1 saturated heterocycles. The van der Waals surface area contributed by atoms with Gasteiger partial charge in [-0.05, 0) is 42.0 Å². The quantitative estimate of drug-likeness (QED) is 0.672. The molecule has 0 spiro atoms.